The quantitative estimate of drug-likeness (QED) is 0.198. The molecule has 1 saturated heterocycles. The number of fused-ring (bicyclic) bond motifs is 1. The minimum atomic E-state index is -1.83. The van der Waals surface area contributed by atoms with Crippen molar-refractivity contribution in [2.45, 2.75) is 115 Å². The van der Waals surface area contributed by atoms with Crippen molar-refractivity contribution in [3.8, 4) is 5.75 Å². The van der Waals surface area contributed by atoms with Gasteiger partial charge in [0.1, 0.15) is 18.2 Å². The van der Waals surface area contributed by atoms with Crippen LogP contribution in [0, 0.1) is 11.8 Å². The summed E-state index contributed by atoms with van der Waals surface area (Å²) in [4.78, 5) is 58.3. The zero-order valence-corrected chi connectivity index (χ0v) is 35.0. The van der Waals surface area contributed by atoms with E-state index in [9.17, 15) is 29.4 Å². The first-order valence-electron chi connectivity index (χ1n) is 18.8. The van der Waals surface area contributed by atoms with E-state index in [0.717, 1.165) is 5.57 Å². The molecule has 4 N–H and O–H groups in total. The number of esters is 1. The number of carbonyl (C=O) groups is 4. The summed E-state index contributed by atoms with van der Waals surface area (Å²) in [5.74, 6) is -3.89. The number of halogens is 2. The molecule has 1 fully saturated rings. The molecule has 0 bridgehead atoms. The molecular weight excluding hydrogens is 761 g/mol. The van der Waals surface area contributed by atoms with Crippen LogP contribution in [0.25, 0.3) is 0 Å². The molecule has 2 aliphatic heterocycles. The molecule has 4 rings (SSSR count). The smallest absolute Gasteiger partial charge is 0.332 e. The van der Waals surface area contributed by atoms with E-state index in [2.05, 4.69) is 10.6 Å². The Morgan fingerprint density at radius 3 is 2.27 bits per heavy atom. The third-order valence-electron chi connectivity index (χ3n) is 10.8. The van der Waals surface area contributed by atoms with Crippen LogP contribution in [-0.2, 0) is 39.8 Å². The van der Waals surface area contributed by atoms with Crippen molar-refractivity contribution in [3.63, 3.8) is 0 Å². The number of rotatable bonds is 7. The van der Waals surface area contributed by atoms with E-state index < -0.39 is 71.3 Å². The topological polar surface area (TPSA) is 167 Å². The molecule has 9 atom stereocenters. The molecule has 306 valence electrons. The molecule has 12 nitrogen and oxygen atoms in total. The largest absolute Gasteiger partial charge is 0.505 e. The molecule has 0 aliphatic carbocycles. The van der Waals surface area contributed by atoms with Crippen molar-refractivity contribution in [2.24, 2.45) is 11.8 Å². The van der Waals surface area contributed by atoms with Crippen LogP contribution in [-0.4, -0.2) is 94.5 Å². The van der Waals surface area contributed by atoms with Gasteiger partial charge in [-0.2, -0.15) is 0 Å². The maximum absolute atomic E-state index is 14.4. The van der Waals surface area contributed by atoms with Gasteiger partial charge in [0.05, 0.1) is 27.9 Å². The lowest BCUT2D eigenvalue weighted by Crippen LogP contribution is -2.61. The van der Waals surface area contributed by atoms with Gasteiger partial charge in [-0.3, -0.25) is 14.4 Å². The van der Waals surface area contributed by atoms with Gasteiger partial charge >= 0.3 is 5.97 Å². The van der Waals surface area contributed by atoms with Crippen molar-refractivity contribution in [1.29, 1.82) is 0 Å². The number of amides is 3. The van der Waals surface area contributed by atoms with Gasteiger partial charge in [-0.15, -0.1) is 0 Å². The summed E-state index contributed by atoms with van der Waals surface area (Å²) in [6.07, 6.45) is 4.60. The monoisotopic (exact) mass is 815 g/mol. The first kappa shape index (κ1) is 44.8. The number of hydrogen-bond acceptors (Lipinski definition) is 9. The lowest BCUT2D eigenvalue weighted by atomic mass is 9.93. The van der Waals surface area contributed by atoms with Gasteiger partial charge in [-0.25, -0.2) is 4.79 Å². The van der Waals surface area contributed by atoms with Gasteiger partial charge < -0.3 is 40.0 Å². The number of carbonyl (C=O) groups excluding carboxylic acids is 4. The Hall–Kier alpha value is -3.94. The Bertz CT molecular complexity index is 1790. The molecule has 2 aromatic carbocycles. The van der Waals surface area contributed by atoms with E-state index in [1.165, 1.54) is 37.9 Å². The summed E-state index contributed by atoms with van der Waals surface area (Å²) >= 11 is 12.5. The van der Waals surface area contributed by atoms with Crippen molar-refractivity contribution >= 4 is 46.9 Å². The fraction of sp³-hybridized carbons (Fsp3) is 0.524. The van der Waals surface area contributed by atoms with Crippen LogP contribution in [0.2, 0.25) is 10.0 Å². The number of nitrogens with one attached hydrogen (secondary N) is 2. The second kappa shape index (κ2) is 18.5. The highest BCUT2D eigenvalue weighted by molar-refractivity contribution is 6.37. The number of ether oxygens (including phenoxy) is 3. The number of phenolic OH excluding ortho intramolecular Hbond substituents is 1. The molecule has 14 heteroatoms. The van der Waals surface area contributed by atoms with E-state index in [1.54, 1.807) is 14.0 Å². The average molecular weight is 817 g/mol. The summed E-state index contributed by atoms with van der Waals surface area (Å²) in [5, 5.41) is 26.8. The highest BCUT2D eigenvalue weighted by atomic mass is 35.5. The third-order valence-corrected chi connectivity index (χ3v) is 11.4. The van der Waals surface area contributed by atoms with Crippen LogP contribution in [0.3, 0.4) is 0 Å². The number of benzene rings is 2. The van der Waals surface area contributed by atoms with Crippen LogP contribution in [0.1, 0.15) is 78.5 Å². The highest BCUT2D eigenvalue weighted by Gasteiger charge is 2.61. The van der Waals surface area contributed by atoms with Gasteiger partial charge in [0, 0.05) is 32.9 Å². The van der Waals surface area contributed by atoms with Crippen molar-refractivity contribution < 1.29 is 43.6 Å². The number of aliphatic hydroxyl groups is 1. The van der Waals surface area contributed by atoms with E-state index in [-0.39, 0.29) is 34.1 Å². The van der Waals surface area contributed by atoms with E-state index >= 15 is 0 Å². The fourth-order valence-electron chi connectivity index (χ4n) is 7.01. The van der Waals surface area contributed by atoms with Gasteiger partial charge in [-0.05, 0) is 62.4 Å². The third kappa shape index (κ3) is 10.5. The van der Waals surface area contributed by atoms with Gasteiger partial charge in [-0.1, -0.05) is 99.0 Å². The Morgan fingerprint density at radius 1 is 1.07 bits per heavy atom. The number of cyclic esters (lactones) is 1. The Morgan fingerprint density at radius 2 is 1.70 bits per heavy atom. The SMILES string of the molecule is CCC(C)C1C(=O)NC(Cc2cc(Cl)c(O)c(Cl)c2)C(=O)NC(C(C)(C)O)C(=O)OC(c2ccccc2)C(C)/C=C/C=C(\C)C(OC)CC2OC2(C)C(=O)N1C. The van der Waals surface area contributed by atoms with E-state index in [1.807, 2.05) is 76.3 Å². The highest BCUT2D eigenvalue weighted by Crippen LogP contribution is 2.42. The second-order valence-corrected chi connectivity index (χ2v) is 16.4. The predicted molar refractivity (Wildman–Crippen MR) is 214 cm³/mol. The maximum Gasteiger partial charge on any atom is 0.332 e. The predicted octanol–water partition coefficient (Wildman–Crippen LogP) is 5.85. The lowest BCUT2D eigenvalue weighted by Gasteiger charge is -2.35. The second-order valence-electron chi connectivity index (χ2n) is 15.6. The molecular formula is C42H55Cl2N3O9. The summed E-state index contributed by atoms with van der Waals surface area (Å²) in [6, 6.07) is 7.90. The lowest BCUT2D eigenvalue weighted by molar-refractivity contribution is -0.162. The zero-order valence-electron chi connectivity index (χ0n) is 33.5. The maximum atomic E-state index is 14.4. The summed E-state index contributed by atoms with van der Waals surface area (Å²) in [7, 11) is 3.11. The Labute approximate surface area is 339 Å². The number of allylic oxidation sites excluding steroid dienone is 2. The average Bonchev–Trinajstić information content (AvgIpc) is 3.81. The molecule has 9 unspecified atom stereocenters. The molecule has 2 aromatic rings. The number of methoxy groups -OCH3 is 1. The van der Waals surface area contributed by atoms with Crippen molar-refractivity contribution in [1.82, 2.24) is 15.5 Å². The number of epoxide rings is 1. The van der Waals surface area contributed by atoms with Gasteiger partial charge in [0.15, 0.2) is 17.4 Å². The Kier molecular flexibility index (Phi) is 14.8. The molecule has 0 radical (unpaired) electrons. The molecule has 2 aliphatic rings. The molecule has 56 heavy (non-hydrogen) atoms. The minimum Gasteiger partial charge on any atom is -0.505 e. The van der Waals surface area contributed by atoms with E-state index in [0.29, 0.717) is 24.0 Å². The number of hydrogen-bond donors (Lipinski definition) is 4. The van der Waals surface area contributed by atoms with Gasteiger partial charge in [0.2, 0.25) is 11.8 Å². The molecule has 0 aromatic heterocycles. The summed E-state index contributed by atoms with van der Waals surface area (Å²) < 4.78 is 18.0. The van der Waals surface area contributed by atoms with Crippen molar-refractivity contribution in [3.05, 3.63) is 87.4 Å². The molecule has 0 saturated carbocycles. The molecule has 2 heterocycles. The van der Waals surface area contributed by atoms with Crippen LogP contribution >= 0.6 is 23.2 Å². The zero-order chi connectivity index (χ0) is 41.7. The molecule has 3 amide bonds. The number of likely N-dealkylation sites (N-methyl/N-ethyl adjacent to an activating group) is 1. The first-order valence-corrected chi connectivity index (χ1v) is 19.6. The van der Waals surface area contributed by atoms with Crippen LogP contribution in [0.4, 0.5) is 0 Å². The molecule has 0 spiro atoms. The Balaban J connectivity index is 1.83. The summed E-state index contributed by atoms with van der Waals surface area (Å²) in [5.41, 5.74) is -1.12. The first-order chi connectivity index (χ1) is 26.2. The van der Waals surface area contributed by atoms with Crippen LogP contribution < -0.4 is 10.6 Å². The number of phenols is 1. The minimum absolute atomic E-state index is 0.0776. The van der Waals surface area contributed by atoms with Crippen LogP contribution in [0.5, 0.6) is 5.75 Å². The van der Waals surface area contributed by atoms with E-state index in [4.69, 9.17) is 37.4 Å². The van der Waals surface area contributed by atoms with Crippen LogP contribution in [0.15, 0.2) is 66.3 Å². The van der Waals surface area contributed by atoms with Crippen molar-refractivity contribution in [2.75, 3.05) is 14.2 Å². The van der Waals surface area contributed by atoms with Gasteiger partial charge in [0.25, 0.3) is 5.91 Å². The normalized spacial score (nSPS) is 30.8. The number of nitrogens with zero attached hydrogens (tertiary/aromatic N) is 1. The number of aromatic hydroxyl groups is 1. The summed E-state index contributed by atoms with van der Waals surface area (Å²) in [6.45, 7) is 11.9. The standard InChI is InChI=1S/C42H55Cl2N3O9/c1-10-23(2)33-38(50)45-30(21-26-19-28(43)34(48)29(44)20-26)37(49)46-36(41(5,6)53)39(51)55-35(27-17-12-11-13-18-27)25(4)16-14-15-24(3)31(54-9)22-32-42(7,56-32)40(52)47(33)8/h11-20,23,25,30-33,35-36,48,53H,10,21-22H2,1-9H3,(H,45,50)(H,46,49)/b16-14+,24-15+. The fourth-order valence-corrected chi connectivity index (χ4v) is 7.54.